The highest BCUT2D eigenvalue weighted by molar-refractivity contribution is 5.69. The van der Waals surface area contributed by atoms with E-state index in [2.05, 4.69) is 23.2 Å². The number of carbonyl (C=O) groups is 1. The minimum atomic E-state index is -0.530. The number of ether oxygens (including phenoxy) is 1. The molecular weight excluding hydrogens is 362 g/mol. The molecule has 0 fully saturated rings. The van der Waals surface area contributed by atoms with Gasteiger partial charge in [0.05, 0.1) is 11.7 Å². The van der Waals surface area contributed by atoms with Crippen LogP contribution in [-0.4, -0.2) is 28.1 Å². The van der Waals surface area contributed by atoms with E-state index in [4.69, 9.17) is 10.5 Å². The number of carbonyl (C=O) groups excluding carboxylic acids is 1. The van der Waals surface area contributed by atoms with Crippen molar-refractivity contribution in [2.24, 2.45) is 5.73 Å². The van der Waals surface area contributed by atoms with E-state index in [0.717, 1.165) is 43.4 Å². The first kappa shape index (κ1) is 21.3. The van der Waals surface area contributed by atoms with Crippen molar-refractivity contribution >= 4 is 6.09 Å². The Morgan fingerprint density at radius 2 is 2.00 bits per heavy atom. The Kier molecular flexibility index (Phi) is 6.91. The van der Waals surface area contributed by atoms with Gasteiger partial charge in [-0.2, -0.15) is 0 Å². The number of benzene rings is 1. The van der Waals surface area contributed by atoms with E-state index in [0.29, 0.717) is 6.54 Å². The largest absolute Gasteiger partial charge is 0.444 e. The molecule has 0 bridgehead atoms. The van der Waals surface area contributed by atoms with Gasteiger partial charge in [0, 0.05) is 18.8 Å². The van der Waals surface area contributed by atoms with Gasteiger partial charge in [-0.25, -0.2) is 4.79 Å². The SMILES string of the molecule is CC(C)(C)OC(=O)N(CCCC(N)c1ccccc1)C1CCCc2cccnc21. The number of nitrogens with two attached hydrogens (primary N) is 1. The average molecular weight is 396 g/mol. The molecule has 2 aromatic rings. The van der Waals surface area contributed by atoms with Crippen molar-refractivity contribution in [2.75, 3.05) is 6.54 Å². The zero-order chi connectivity index (χ0) is 20.9. The average Bonchev–Trinajstić information content (AvgIpc) is 2.70. The molecule has 1 heterocycles. The zero-order valence-corrected chi connectivity index (χ0v) is 17.8. The maximum atomic E-state index is 13.1. The summed E-state index contributed by atoms with van der Waals surface area (Å²) in [6.45, 7) is 6.32. The molecule has 5 nitrogen and oxygen atoms in total. The molecule has 156 valence electrons. The Morgan fingerprint density at radius 3 is 2.72 bits per heavy atom. The van der Waals surface area contributed by atoms with Crippen molar-refractivity contribution in [1.29, 1.82) is 0 Å². The fraction of sp³-hybridized carbons (Fsp3) is 0.500. The number of pyridine rings is 1. The lowest BCUT2D eigenvalue weighted by molar-refractivity contribution is 0.0130. The van der Waals surface area contributed by atoms with Gasteiger partial charge in [-0.15, -0.1) is 0 Å². The van der Waals surface area contributed by atoms with Crippen LogP contribution in [0.2, 0.25) is 0 Å². The quantitative estimate of drug-likeness (QED) is 0.732. The van der Waals surface area contributed by atoms with Gasteiger partial charge in [0.1, 0.15) is 5.60 Å². The van der Waals surface area contributed by atoms with Crippen molar-refractivity contribution < 1.29 is 9.53 Å². The van der Waals surface area contributed by atoms with E-state index in [1.54, 1.807) is 0 Å². The summed E-state index contributed by atoms with van der Waals surface area (Å²) in [6.07, 6.45) is 6.14. The van der Waals surface area contributed by atoms with Crippen LogP contribution in [0.3, 0.4) is 0 Å². The van der Waals surface area contributed by atoms with Gasteiger partial charge in [-0.05, 0) is 70.1 Å². The molecule has 1 aliphatic carbocycles. The lowest BCUT2D eigenvalue weighted by atomic mass is 9.90. The fourth-order valence-electron chi connectivity index (χ4n) is 3.93. The second kappa shape index (κ2) is 9.40. The highest BCUT2D eigenvalue weighted by Crippen LogP contribution is 2.34. The summed E-state index contributed by atoms with van der Waals surface area (Å²) in [5.41, 5.74) is 9.21. The monoisotopic (exact) mass is 395 g/mol. The smallest absolute Gasteiger partial charge is 0.410 e. The number of amides is 1. The molecular formula is C24H33N3O2. The topological polar surface area (TPSA) is 68.5 Å². The fourth-order valence-corrected chi connectivity index (χ4v) is 3.93. The van der Waals surface area contributed by atoms with E-state index in [-0.39, 0.29) is 18.2 Å². The zero-order valence-electron chi connectivity index (χ0n) is 17.8. The standard InChI is InChI=1S/C24H33N3O2/c1-24(2,3)29-23(28)27(17-9-14-20(25)18-10-5-4-6-11-18)21-15-7-12-19-13-8-16-26-22(19)21/h4-6,8,10-11,13,16,20-21H,7,9,12,14-15,17,25H2,1-3H3. The van der Waals surface area contributed by atoms with Crippen LogP contribution in [0.1, 0.15) is 75.4 Å². The van der Waals surface area contributed by atoms with Gasteiger partial charge in [-0.3, -0.25) is 9.88 Å². The summed E-state index contributed by atoms with van der Waals surface area (Å²) in [4.78, 5) is 19.5. The van der Waals surface area contributed by atoms with Crippen molar-refractivity contribution in [3.8, 4) is 0 Å². The summed E-state index contributed by atoms with van der Waals surface area (Å²) < 4.78 is 5.74. The molecule has 1 aliphatic rings. The van der Waals surface area contributed by atoms with Gasteiger partial charge < -0.3 is 10.5 Å². The van der Waals surface area contributed by atoms with Gasteiger partial charge >= 0.3 is 6.09 Å². The van der Waals surface area contributed by atoms with Crippen LogP contribution in [0.5, 0.6) is 0 Å². The maximum Gasteiger partial charge on any atom is 0.410 e. The van der Waals surface area contributed by atoms with Crippen molar-refractivity contribution in [2.45, 2.75) is 70.6 Å². The van der Waals surface area contributed by atoms with E-state index in [1.165, 1.54) is 5.56 Å². The molecule has 1 aromatic carbocycles. The molecule has 2 N–H and O–H groups in total. The third-order valence-electron chi connectivity index (χ3n) is 5.31. The normalized spacial score (nSPS) is 17.3. The summed E-state index contributed by atoms with van der Waals surface area (Å²) in [5.74, 6) is 0. The summed E-state index contributed by atoms with van der Waals surface area (Å²) in [5, 5.41) is 0. The molecule has 1 aromatic heterocycles. The van der Waals surface area contributed by atoms with Gasteiger partial charge in [0.2, 0.25) is 0 Å². The number of fused-ring (bicyclic) bond motifs is 1. The van der Waals surface area contributed by atoms with Crippen molar-refractivity contribution in [3.05, 3.63) is 65.5 Å². The first-order chi connectivity index (χ1) is 13.8. The van der Waals surface area contributed by atoms with Crippen molar-refractivity contribution in [1.82, 2.24) is 9.88 Å². The number of aromatic nitrogens is 1. The van der Waals surface area contributed by atoms with Gasteiger partial charge in [0.15, 0.2) is 0 Å². The van der Waals surface area contributed by atoms with Crippen LogP contribution in [-0.2, 0) is 11.2 Å². The molecule has 5 heteroatoms. The second-order valence-corrected chi connectivity index (χ2v) is 8.79. The van der Waals surface area contributed by atoms with Crippen molar-refractivity contribution in [3.63, 3.8) is 0 Å². The van der Waals surface area contributed by atoms with Crippen LogP contribution in [0.4, 0.5) is 4.79 Å². The molecule has 0 radical (unpaired) electrons. The number of hydrogen-bond acceptors (Lipinski definition) is 4. The van der Waals surface area contributed by atoms with Crippen LogP contribution < -0.4 is 5.73 Å². The molecule has 2 atom stereocenters. The molecule has 0 aliphatic heterocycles. The Balaban J connectivity index is 1.73. The minimum Gasteiger partial charge on any atom is -0.444 e. The molecule has 1 amide bonds. The number of nitrogens with zero attached hydrogens (tertiary/aromatic N) is 2. The summed E-state index contributed by atoms with van der Waals surface area (Å²) in [6, 6.07) is 14.1. The minimum absolute atomic E-state index is 0.0338. The lowest BCUT2D eigenvalue weighted by Crippen LogP contribution is -2.41. The Hall–Kier alpha value is -2.40. The van der Waals surface area contributed by atoms with E-state index < -0.39 is 5.60 Å². The van der Waals surface area contributed by atoms with Crippen LogP contribution in [0.15, 0.2) is 48.7 Å². The Morgan fingerprint density at radius 1 is 1.24 bits per heavy atom. The number of aryl methyl sites for hydroxylation is 1. The van der Waals surface area contributed by atoms with E-state index >= 15 is 0 Å². The lowest BCUT2D eigenvalue weighted by Gasteiger charge is -2.36. The molecule has 3 rings (SSSR count). The third-order valence-corrected chi connectivity index (χ3v) is 5.31. The van der Waals surface area contributed by atoms with E-state index in [1.807, 2.05) is 56.1 Å². The Labute approximate surface area is 174 Å². The predicted octanol–water partition coefficient (Wildman–Crippen LogP) is 5.18. The first-order valence-corrected chi connectivity index (χ1v) is 10.6. The third kappa shape index (κ3) is 5.80. The van der Waals surface area contributed by atoms with Crippen LogP contribution >= 0.6 is 0 Å². The van der Waals surface area contributed by atoms with Gasteiger partial charge in [-0.1, -0.05) is 36.4 Å². The van der Waals surface area contributed by atoms with Gasteiger partial charge in [0.25, 0.3) is 0 Å². The maximum absolute atomic E-state index is 13.1. The number of hydrogen-bond donors (Lipinski definition) is 1. The summed E-state index contributed by atoms with van der Waals surface area (Å²) >= 11 is 0. The molecule has 29 heavy (non-hydrogen) atoms. The molecule has 0 spiro atoms. The second-order valence-electron chi connectivity index (χ2n) is 8.79. The molecule has 0 saturated heterocycles. The van der Waals surface area contributed by atoms with Crippen LogP contribution in [0.25, 0.3) is 0 Å². The van der Waals surface area contributed by atoms with Crippen LogP contribution in [0, 0.1) is 0 Å². The summed E-state index contributed by atoms with van der Waals surface area (Å²) in [7, 11) is 0. The molecule has 2 unspecified atom stereocenters. The highest BCUT2D eigenvalue weighted by atomic mass is 16.6. The first-order valence-electron chi connectivity index (χ1n) is 10.6. The molecule has 0 saturated carbocycles. The highest BCUT2D eigenvalue weighted by Gasteiger charge is 2.33. The number of rotatable bonds is 6. The Bertz CT molecular complexity index is 801. The van der Waals surface area contributed by atoms with E-state index in [9.17, 15) is 4.79 Å². The predicted molar refractivity (Wildman–Crippen MR) is 115 cm³/mol.